The Bertz CT molecular complexity index is 850. The van der Waals surface area contributed by atoms with E-state index in [4.69, 9.17) is 0 Å². The summed E-state index contributed by atoms with van der Waals surface area (Å²) in [6.07, 6.45) is 0. The van der Waals surface area contributed by atoms with Crippen LogP contribution in [0.25, 0.3) is 32.2 Å². The third-order valence-electron chi connectivity index (χ3n) is 3.18. The Morgan fingerprint density at radius 2 is 1.89 bits per heavy atom. The lowest BCUT2D eigenvalue weighted by Crippen LogP contribution is -1.80. The number of para-hydroxylation sites is 1. The minimum absolute atomic E-state index is 0.200. The summed E-state index contributed by atoms with van der Waals surface area (Å²) in [7, 11) is 0. The zero-order chi connectivity index (χ0) is 12.1. The van der Waals surface area contributed by atoms with E-state index in [1.165, 1.54) is 6.07 Å². The average molecular weight is 253 g/mol. The molecular weight excluding hydrogens is 245 g/mol. The maximum absolute atomic E-state index is 13.2. The van der Waals surface area contributed by atoms with Crippen LogP contribution in [0.15, 0.2) is 47.8 Å². The van der Waals surface area contributed by atoms with E-state index in [9.17, 15) is 4.39 Å². The fourth-order valence-electron chi connectivity index (χ4n) is 2.34. The predicted octanol–water partition coefficient (Wildman–Crippen LogP) is 4.69. The van der Waals surface area contributed by atoms with Gasteiger partial charge in [0.1, 0.15) is 5.82 Å². The highest BCUT2D eigenvalue weighted by atomic mass is 32.1. The summed E-state index contributed by atoms with van der Waals surface area (Å²) < 4.78 is 14.2. The predicted molar refractivity (Wildman–Crippen MR) is 73.7 cm³/mol. The highest BCUT2D eigenvalue weighted by molar-refractivity contribution is 7.17. The van der Waals surface area contributed by atoms with Crippen molar-refractivity contribution in [2.75, 3.05) is 0 Å². The van der Waals surface area contributed by atoms with Gasteiger partial charge in [-0.25, -0.2) is 9.37 Å². The van der Waals surface area contributed by atoms with Gasteiger partial charge in [-0.2, -0.15) is 0 Å². The van der Waals surface area contributed by atoms with Crippen LogP contribution in [0.5, 0.6) is 0 Å². The lowest BCUT2D eigenvalue weighted by molar-refractivity contribution is 0.630. The van der Waals surface area contributed by atoms with Gasteiger partial charge in [-0.15, -0.1) is 11.3 Å². The molecule has 2 heterocycles. The van der Waals surface area contributed by atoms with Crippen molar-refractivity contribution in [2.45, 2.75) is 0 Å². The van der Waals surface area contributed by atoms with Crippen LogP contribution in [-0.2, 0) is 0 Å². The molecule has 3 heteroatoms. The number of aromatic nitrogens is 1. The number of benzene rings is 2. The van der Waals surface area contributed by atoms with Crippen molar-refractivity contribution >= 4 is 32.3 Å². The molecule has 0 N–H and O–H groups in total. The summed E-state index contributed by atoms with van der Waals surface area (Å²) >= 11 is 1.56. The van der Waals surface area contributed by atoms with Gasteiger partial charge in [0, 0.05) is 26.4 Å². The Kier molecular flexibility index (Phi) is 1.94. The number of hydrogen-bond donors (Lipinski definition) is 0. The number of nitrogens with zero attached hydrogens (tertiary/aromatic N) is 1. The smallest absolute Gasteiger partial charge is 0.124 e. The molecule has 2 aromatic carbocycles. The SMILES string of the molecule is Fc1ccc2c3nc4ccccc4c-3csc2c1. The van der Waals surface area contributed by atoms with Crippen molar-refractivity contribution in [3.8, 4) is 11.3 Å². The van der Waals surface area contributed by atoms with Crippen LogP contribution >= 0.6 is 11.3 Å². The lowest BCUT2D eigenvalue weighted by Gasteiger charge is -2.03. The molecule has 0 aromatic heterocycles. The van der Waals surface area contributed by atoms with Gasteiger partial charge < -0.3 is 0 Å². The molecule has 86 valence electrons. The molecule has 2 aromatic rings. The monoisotopic (exact) mass is 253 g/mol. The Hall–Kier alpha value is -2.00. The van der Waals surface area contributed by atoms with Crippen LogP contribution in [0.4, 0.5) is 4.39 Å². The van der Waals surface area contributed by atoms with E-state index < -0.39 is 0 Å². The average Bonchev–Trinajstić information content (AvgIpc) is 2.77. The maximum atomic E-state index is 13.2. The van der Waals surface area contributed by atoms with E-state index in [1.807, 2.05) is 24.3 Å². The van der Waals surface area contributed by atoms with E-state index in [0.29, 0.717) is 0 Å². The fourth-order valence-corrected chi connectivity index (χ4v) is 3.30. The molecule has 0 atom stereocenters. The third kappa shape index (κ3) is 1.28. The van der Waals surface area contributed by atoms with Gasteiger partial charge in [0.25, 0.3) is 0 Å². The van der Waals surface area contributed by atoms with Gasteiger partial charge in [0.05, 0.1) is 11.2 Å². The van der Waals surface area contributed by atoms with Crippen molar-refractivity contribution in [3.05, 3.63) is 53.7 Å². The minimum Gasteiger partial charge on any atom is -0.247 e. The summed E-state index contributed by atoms with van der Waals surface area (Å²) in [5.74, 6) is -0.200. The van der Waals surface area contributed by atoms with Crippen molar-refractivity contribution in [2.24, 2.45) is 0 Å². The van der Waals surface area contributed by atoms with Crippen LogP contribution in [0.1, 0.15) is 0 Å². The van der Waals surface area contributed by atoms with Crippen LogP contribution in [0, 0.1) is 5.82 Å². The Balaban J connectivity index is 2.23. The first-order valence-corrected chi connectivity index (χ1v) is 6.56. The molecule has 2 aliphatic heterocycles. The second kappa shape index (κ2) is 3.50. The van der Waals surface area contributed by atoms with E-state index in [1.54, 1.807) is 17.4 Å². The summed E-state index contributed by atoms with van der Waals surface area (Å²) in [5.41, 5.74) is 3.11. The van der Waals surface area contributed by atoms with E-state index in [2.05, 4.69) is 16.4 Å². The molecule has 4 rings (SSSR count). The third-order valence-corrected chi connectivity index (χ3v) is 4.13. The number of rotatable bonds is 0. The van der Waals surface area contributed by atoms with Crippen LogP contribution in [-0.4, -0.2) is 4.98 Å². The standard InChI is InChI=1S/C15H8FNS/c16-9-5-6-11-14(7-9)18-8-12-10-3-1-2-4-13(10)17-15(11)12/h1-8H. The highest BCUT2D eigenvalue weighted by Crippen LogP contribution is 2.38. The first-order valence-electron chi connectivity index (χ1n) is 5.68. The van der Waals surface area contributed by atoms with Gasteiger partial charge in [0.2, 0.25) is 0 Å². The molecule has 0 amide bonds. The zero-order valence-corrected chi connectivity index (χ0v) is 10.2. The largest absolute Gasteiger partial charge is 0.247 e. The van der Waals surface area contributed by atoms with Crippen molar-refractivity contribution in [3.63, 3.8) is 0 Å². The normalized spacial score (nSPS) is 11.6. The summed E-state index contributed by atoms with van der Waals surface area (Å²) in [4.78, 5) is 4.66. The van der Waals surface area contributed by atoms with Crippen molar-refractivity contribution in [1.29, 1.82) is 0 Å². The molecule has 18 heavy (non-hydrogen) atoms. The van der Waals surface area contributed by atoms with Gasteiger partial charge >= 0.3 is 0 Å². The van der Waals surface area contributed by atoms with E-state index in [0.717, 1.165) is 32.2 Å². The Labute approximate surface area is 107 Å². The molecule has 0 spiro atoms. The zero-order valence-electron chi connectivity index (χ0n) is 9.35. The molecule has 1 nitrogen and oxygen atoms in total. The first kappa shape index (κ1) is 9.97. The van der Waals surface area contributed by atoms with Gasteiger partial charge in [0.15, 0.2) is 0 Å². The summed E-state index contributed by atoms with van der Waals surface area (Å²) in [6.45, 7) is 0. The second-order valence-electron chi connectivity index (χ2n) is 4.27. The highest BCUT2D eigenvalue weighted by Gasteiger charge is 2.14. The maximum Gasteiger partial charge on any atom is 0.124 e. The summed E-state index contributed by atoms with van der Waals surface area (Å²) in [6, 6.07) is 13.0. The number of halogens is 1. The molecule has 0 saturated heterocycles. The lowest BCUT2D eigenvalue weighted by atomic mass is 10.1. The van der Waals surface area contributed by atoms with Crippen molar-refractivity contribution < 1.29 is 4.39 Å². The van der Waals surface area contributed by atoms with Crippen LogP contribution in [0.3, 0.4) is 0 Å². The van der Waals surface area contributed by atoms with Crippen molar-refractivity contribution in [1.82, 2.24) is 4.98 Å². The molecule has 0 aliphatic carbocycles. The number of fused-ring (bicyclic) bond motifs is 5. The number of hydrogen-bond acceptors (Lipinski definition) is 2. The van der Waals surface area contributed by atoms with E-state index in [-0.39, 0.29) is 5.82 Å². The minimum atomic E-state index is -0.200. The molecule has 0 unspecified atom stereocenters. The molecular formula is C15H8FNS. The van der Waals surface area contributed by atoms with Gasteiger partial charge in [-0.1, -0.05) is 18.2 Å². The van der Waals surface area contributed by atoms with Gasteiger partial charge in [-0.05, 0) is 24.3 Å². The second-order valence-corrected chi connectivity index (χ2v) is 5.18. The van der Waals surface area contributed by atoms with Gasteiger partial charge in [-0.3, -0.25) is 0 Å². The van der Waals surface area contributed by atoms with E-state index >= 15 is 0 Å². The fraction of sp³-hybridized carbons (Fsp3) is 0. The Morgan fingerprint density at radius 3 is 2.83 bits per heavy atom. The summed E-state index contributed by atoms with van der Waals surface area (Å²) in [5, 5.41) is 4.25. The quantitative estimate of drug-likeness (QED) is 0.443. The molecule has 0 saturated carbocycles. The topological polar surface area (TPSA) is 12.9 Å². The molecule has 0 radical (unpaired) electrons. The molecule has 0 fully saturated rings. The molecule has 0 bridgehead atoms. The first-order chi connectivity index (χ1) is 8.83. The Morgan fingerprint density at radius 1 is 1.00 bits per heavy atom. The van der Waals surface area contributed by atoms with Crippen LogP contribution in [0.2, 0.25) is 0 Å². The molecule has 2 aliphatic rings. The van der Waals surface area contributed by atoms with Crippen LogP contribution < -0.4 is 0 Å².